The van der Waals surface area contributed by atoms with Gasteiger partial charge in [-0.3, -0.25) is 24.2 Å². The number of likely N-dealkylation sites (tertiary alicyclic amines) is 2. The first-order valence-electron chi connectivity index (χ1n) is 11.6. The summed E-state index contributed by atoms with van der Waals surface area (Å²) in [5.41, 5.74) is 2.30. The van der Waals surface area contributed by atoms with Crippen molar-refractivity contribution in [2.45, 2.75) is 39.3 Å². The third-order valence-corrected chi connectivity index (χ3v) is 7.52. The zero-order valence-corrected chi connectivity index (χ0v) is 18.1. The Balaban J connectivity index is 1.11. The molecule has 5 unspecified atom stereocenters. The summed E-state index contributed by atoms with van der Waals surface area (Å²) in [5, 5.41) is 2.87. The topological polar surface area (TPSA) is 69.7 Å². The van der Waals surface area contributed by atoms with Gasteiger partial charge in [0.05, 0.1) is 11.8 Å². The molecule has 0 aromatic heterocycles. The van der Waals surface area contributed by atoms with E-state index < -0.39 is 0 Å². The van der Waals surface area contributed by atoms with Crippen molar-refractivity contribution in [2.24, 2.45) is 29.6 Å². The number of nitrogens with zero attached hydrogens (tertiary/aromatic N) is 2. The van der Waals surface area contributed by atoms with Gasteiger partial charge in [-0.25, -0.2) is 0 Å². The number of imide groups is 1. The van der Waals surface area contributed by atoms with Gasteiger partial charge in [0, 0.05) is 19.6 Å². The van der Waals surface area contributed by atoms with Gasteiger partial charge in [-0.05, 0) is 54.7 Å². The van der Waals surface area contributed by atoms with Crippen LogP contribution in [0, 0.1) is 29.6 Å². The Bertz CT molecular complexity index is 879. The number of benzene rings is 1. The number of piperidine rings is 1. The van der Waals surface area contributed by atoms with E-state index in [4.69, 9.17) is 0 Å². The number of rotatable bonds is 6. The highest BCUT2D eigenvalue weighted by Crippen LogP contribution is 2.52. The van der Waals surface area contributed by atoms with Crippen molar-refractivity contribution in [3.63, 3.8) is 0 Å². The average Bonchev–Trinajstić information content (AvgIpc) is 3.44. The SMILES string of the molecule is CC1CCCN(Cc2ccc(CNC(=O)CN3C(=O)C4C5C=CC(C5)C4C3=O)cc2)C1. The minimum absolute atomic E-state index is 0.168. The van der Waals surface area contributed by atoms with Gasteiger partial charge < -0.3 is 5.32 Å². The normalized spacial score (nSPS) is 32.0. The van der Waals surface area contributed by atoms with Crippen molar-refractivity contribution in [2.75, 3.05) is 19.6 Å². The van der Waals surface area contributed by atoms with Crippen LogP contribution in [0.2, 0.25) is 0 Å². The Morgan fingerprint density at radius 1 is 1.03 bits per heavy atom. The van der Waals surface area contributed by atoms with Crippen molar-refractivity contribution in [3.05, 3.63) is 47.5 Å². The molecule has 5 atom stereocenters. The molecule has 1 saturated carbocycles. The fraction of sp³-hybridized carbons (Fsp3) is 0.560. The van der Waals surface area contributed by atoms with Gasteiger partial charge in [0.25, 0.3) is 0 Å². The molecule has 3 fully saturated rings. The lowest BCUT2D eigenvalue weighted by Gasteiger charge is -2.30. The minimum Gasteiger partial charge on any atom is -0.350 e. The predicted octanol–water partition coefficient (Wildman–Crippen LogP) is 2.34. The Kier molecular flexibility index (Phi) is 5.42. The maximum Gasteiger partial charge on any atom is 0.240 e. The number of amides is 3. The van der Waals surface area contributed by atoms with Gasteiger partial charge in [-0.15, -0.1) is 0 Å². The van der Waals surface area contributed by atoms with Crippen LogP contribution in [0.5, 0.6) is 0 Å². The largest absolute Gasteiger partial charge is 0.350 e. The van der Waals surface area contributed by atoms with Gasteiger partial charge >= 0.3 is 0 Å². The quantitative estimate of drug-likeness (QED) is 0.566. The van der Waals surface area contributed by atoms with E-state index in [1.165, 1.54) is 23.3 Å². The van der Waals surface area contributed by atoms with E-state index in [2.05, 4.69) is 41.4 Å². The molecule has 31 heavy (non-hydrogen) atoms. The van der Waals surface area contributed by atoms with Gasteiger partial charge in [0.1, 0.15) is 6.54 Å². The molecule has 2 heterocycles. The Hall–Kier alpha value is -2.47. The zero-order valence-electron chi connectivity index (χ0n) is 18.1. The van der Waals surface area contributed by atoms with E-state index in [9.17, 15) is 14.4 Å². The third kappa shape index (κ3) is 3.93. The summed E-state index contributed by atoms with van der Waals surface area (Å²) >= 11 is 0. The molecule has 4 aliphatic rings. The standard InChI is InChI=1S/C25H31N3O3/c1-16-3-2-10-27(13-16)14-18-6-4-17(5-7-18)12-26-21(29)15-28-24(30)22-19-8-9-20(11-19)23(22)25(28)31/h4-9,16,19-20,22-23H,2-3,10-15H2,1H3,(H,26,29). The molecule has 6 heteroatoms. The molecule has 5 rings (SSSR count). The van der Waals surface area contributed by atoms with Crippen LogP contribution in [-0.4, -0.2) is 47.2 Å². The molecular weight excluding hydrogens is 390 g/mol. The lowest BCUT2D eigenvalue weighted by Crippen LogP contribution is -2.41. The number of carbonyl (C=O) groups excluding carboxylic acids is 3. The van der Waals surface area contributed by atoms with Gasteiger partial charge in [-0.2, -0.15) is 0 Å². The highest BCUT2D eigenvalue weighted by atomic mass is 16.2. The van der Waals surface area contributed by atoms with Crippen LogP contribution in [-0.2, 0) is 27.5 Å². The maximum absolute atomic E-state index is 12.7. The van der Waals surface area contributed by atoms with Crippen LogP contribution in [0.4, 0.5) is 0 Å². The second kappa shape index (κ2) is 8.23. The molecule has 0 radical (unpaired) electrons. The van der Waals surface area contributed by atoms with E-state index >= 15 is 0 Å². The van der Waals surface area contributed by atoms with E-state index in [0.717, 1.165) is 37.5 Å². The van der Waals surface area contributed by atoms with Crippen LogP contribution < -0.4 is 5.32 Å². The van der Waals surface area contributed by atoms with Crippen LogP contribution in [0.3, 0.4) is 0 Å². The fourth-order valence-corrected chi connectivity index (χ4v) is 5.97. The van der Waals surface area contributed by atoms with Crippen molar-refractivity contribution < 1.29 is 14.4 Å². The predicted molar refractivity (Wildman–Crippen MR) is 116 cm³/mol. The Morgan fingerprint density at radius 3 is 2.32 bits per heavy atom. The van der Waals surface area contributed by atoms with E-state index in [1.807, 2.05) is 12.1 Å². The average molecular weight is 422 g/mol. The molecule has 3 amide bonds. The van der Waals surface area contributed by atoms with Crippen molar-refractivity contribution in [1.82, 2.24) is 15.1 Å². The molecule has 6 nitrogen and oxygen atoms in total. The molecule has 2 aliphatic heterocycles. The van der Waals surface area contributed by atoms with Crippen molar-refractivity contribution in [3.8, 4) is 0 Å². The molecule has 1 aromatic rings. The smallest absolute Gasteiger partial charge is 0.240 e. The van der Waals surface area contributed by atoms with Crippen LogP contribution in [0.25, 0.3) is 0 Å². The first-order valence-corrected chi connectivity index (χ1v) is 11.6. The molecule has 164 valence electrons. The molecule has 2 aliphatic carbocycles. The molecule has 2 saturated heterocycles. The summed E-state index contributed by atoms with van der Waals surface area (Å²) in [6.45, 7) is 5.83. The number of nitrogens with one attached hydrogen (secondary N) is 1. The molecule has 2 bridgehead atoms. The minimum atomic E-state index is -0.284. The summed E-state index contributed by atoms with van der Waals surface area (Å²) in [4.78, 5) is 41.5. The number of carbonyl (C=O) groups is 3. The van der Waals surface area contributed by atoms with Crippen LogP contribution in [0.1, 0.15) is 37.3 Å². The Morgan fingerprint density at radius 2 is 1.68 bits per heavy atom. The summed E-state index contributed by atoms with van der Waals surface area (Å²) < 4.78 is 0. The van der Waals surface area contributed by atoms with E-state index in [1.54, 1.807) is 0 Å². The lowest BCUT2D eigenvalue weighted by molar-refractivity contribution is -0.144. The van der Waals surface area contributed by atoms with Crippen LogP contribution in [0.15, 0.2) is 36.4 Å². The summed E-state index contributed by atoms with van der Waals surface area (Å²) in [7, 11) is 0. The highest BCUT2D eigenvalue weighted by Gasteiger charge is 2.59. The fourth-order valence-electron chi connectivity index (χ4n) is 5.97. The second-order valence-electron chi connectivity index (χ2n) is 9.84. The summed E-state index contributed by atoms with van der Waals surface area (Å²) in [6, 6.07) is 8.34. The molecule has 1 N–H and O–H groups in total. The van der Waals surface area contributed by atoms with Gasteiger partial charge in [-0.1, -0.05) is 43.3 Å². The van der Waals surface area contributed by atoms with Crippen LogP contribution >= 0.6 is 0 Å². The lowest BCUT2D eigenvalue weighted by atomic mass is 9.85. The van der Waals surface area contributed by atoms with Gasteiger partial charge in [0.2, 0.25) is 17.7 Å². The first kappa shape index (κ1) is 20.4. The summed E-state index contributed by atoms with van der Waals surface area (Å²) in [5.74, 6) is 0.00236. The Labute approximate surface area is 183 Å². The second-order valence-corrected chi connectivity index (χ2v) is 9.84. The first-order chi connectivity index (χ1) is 15.0. The number of allylic oxidation sites excluding steroid dienone is 2. The molecule has 1 aromatic carbocycles. The highest BCUT2D eigenvalue weighted by molar-refractivity contribution is 6.08. The van der Waals surface area contributed by atoms with Gasteiger partial charge in [0.15, 0.2) is 0 Å². The maximum atomic E-state index is 12.7. The monoisotopic (exact) mass is 421 g/mol. The summed E-state index contributed by atoms with van der Waals surface area (Å²) in [6.07, 6.45) is 7.63. The number of hydrogen-bond donors (Lipinski definition) is 1. The third-order valence-electron chi connectivity index (χ3n) is 7.52. The van der Waals surface area contributed by atoms with Crippen molar-refractivity contribution >= 4 is 17.7 Å². The molecular formula is C25H31N3O3. The van der Waals surface area contributed by atoms with E-state index in [0.29, 0.717) is 6.54 Å². The zero-order chi connectivity index (χ0) is 21.5. The van der Waals surface area contributed by atoms with Crippen molar-refractivity contribution in [1.29, 1.82) is 0 Å². The molecule has 0 spiro atoms. The number of hydrogen-bond acceptors (Lipinski definition) is 4. The number of fused-ring (bicyclic) bond motifs is 5. The van der Waals surface area contributed by atoms with E-state index in [-0.39, 0.29) is 47.9 Å².